The van der Waals surface area contributed by atoms with Crippen molar-refractivity contribution in [3.8, 4) is 0 Å². The van der Waals surface area contributed by atoms with E-state index in [1.807, 2.05) is 19.0 Å². The van der Waals surface area contributed by atoms with Gasteiger partial charge in [-0.2, -0.15) is 4.31 Å². The Labute approximate surface area is 121 Å². The van der Waals surface area contributed by atoms with E-state index in [9.17, 15) is 13.2 Å². The van der Waals surface area contributed by atoms with E-state index in [0.29, 0.717) is 39.3 Å². The lowest BCUT2D eigenvalue weighted by atomic mass is 10.3. The third-order valence-corrected chi connectivity index (χ3v) is 4.57. The van der Waals surface area contributed by atoms with Gasteiger partial charge in [0.15, 0.2) is 0 Å². The minimum atomic E-state index is -3.10. The minimum Gasteiger partial charge on any atom is -0.355 e. The molecule has 8 heteroatoms. The first-order valence-electron chi connectivity index (χ1n) is 6.88. The van der Waals surface area contributed by atoms with Gasteiger partial charge in [-0.15, -0.1) is 0 Å². The number of nitrogens with zero attached hydrogens (tertiary/aromatic N) is 3. The van der Waals surface area contributed by atoms with Crippen LogP contribution in [0.2, 0.25) is 0 Å². The van der Waals surface area contributed by atoms with Crippen molar-refractivity contribution < 1.29 is 13.2 Å². The van der Waals surface area contributed by atoms with E-state index in [2.05, 4.69) is 10.2 Å². The van der Waals surface area contributed by atoms with Crippen molar-refractivity contribution in [3.63, 3.8) is 0 Å². The number of amides is 1. The molecule has 1 saturated heterocycles. The van der Waals surface area contributed by atoms with Crippen LogP contribution in [0.4, 0.5) is 0 Å². The van der Waals surface area contributed by atoms with Crippen LogP contribution >= 0.6 is 0 Å². The topological polar surface area (TPSA) is 73.0 Å². The second-order valence-corrected chi connectivity index (χ2v) is 7.43. The second kappa shape index (κ2) is 7.92. The summed E-state index contributed by atoms with van der Waals surface area (Å²) in [6.45, 7) is 4.13. The Balaban J connectivity index is 2.18. The van der Waals surface area contributed by atoms with Gasteiger partial charge in [-0.1, -0.05) is 0 Å². The number of hydrogen-bond donors (Lipinski definition) is 1. The predicted octanol–water partition coefficient (Wildman–Crippen LogP) is -1.37. The summed E-state index contributed by atoms with van der Waals surface area (Å²) in [5.74, 6) is 0.0107. The monoisotopic (exact) mass is 306 g/mol. The fourth-order valence-electron chi connectivity index (χ4n) is 2.10. The number of sulfonamides is 1. The van der Waals surface area contributed by atoms with Gasteiger partial charge < -0.3 is 10.2 Å². The van der Waals surface area contributed by atoms with Crippen molar-refractivity contribution in [2.75, 3.05) is 66.2 Å². The number of hydrogen-bond acceptors (Lipinski definition) is 5. The first kappa shape index (κ1) is 17.4. The van der Waals surface area contributed by atoms with Crippen LogP contribution in [0.25, 0.3) is 0 Å². The highest BCUT2D eigenvalue weighted by molar-refractivity contribution is 7.88. The molecule has 0 aromatic rings. The molecule has 7 nitrogen and oxygen atoms in total. The zero-order valence-electron chi connectivity index (χ0n) is 12.6. The Bertz CT molecular complexity index is 403. The Morgan fingerprint density at radius 3 is 2.30 bits per heavy atom. The predicted molar refractivity (Wildman–Crippen MR) is 79.0 cm³/mol. The van der Waals surface area contributed by atoms with Gasteiger partial charge >= 0.3 is 0 Å². The molecule has 0 bridgehead atoms. The number of nitrogens with one attached hydrogen (secondary N) is 1. The van der Waals surface area contributed by atoms with Gasteiger partial charge in [-0.3, -0.25) is 9.69 Å². The maximum absolute atomic E-state index is 11.7. The molecule has 1 heterocycles. The van der Waals surface area contributed by atoms with Crippen LogP contribution in [0, 0.1) is 0 Å². The molecule has 1 aliphatic rings. The third-order valence-electron chi connectivity index (χ3n) is 3.27. The molecule has 0 radical (unpaired) electrons. The number of rotatable bonds is 7. The number of carbonyl (C=O) groups is 1. The highest BCUT2D eigenvalue weighted by Crippen LogP contribution is 2.05. The Kier molecular flexibility index (Phi) is 6.87. The molecular formula is C12H26N4O3S. The van der Waals surface area contributed by atoms with E-state index in [-0.39, 0.29) is 5.91 Å². The normalized spacial score (nSPS) is 18.4. The van der Waals surface area contributed by atoms with E-state index >= 15 is 0 Å². The molecule has 0 atom stereocenters. The van der Waals surface area contributed by atoms with Crippen LogP contribution in [-0.2, 0) is 14.8 Å². The van der Waals surface area contributed by atoms with Crippen molar-refractivity contribution in [1.29, 1.82) is 0 Å². The van der Waals surface area contributed by atoms with Gasteiger partial charge in [0, 0.05) is 32.7 Å². The lowest BCUT2D eigenvalue weighted by Crippen LogP contribution is -2.50. The number of piperazine rings is 1. The Morgan fingerprint density at radius 1 is 1.20 bits per heavy atom. The van der Waals surface area contributed by atoms with E-state index in [0.717, 1.165) is 13.0 Å². The Morgan fingerprint density at radius 2 is 1.80 bits per heavy atom. The zero-order valence-corrected chi connectivity index (χ0v) is 13.4. The van der Waals surface area contributed by atoms with Crippen LogP contribution in [0.3, 0.4) is 0 Å². The summed E-state index contributed by atoms with van der Waals surface area (Å²) in [5.41, 5.74) is 0. The van der Waals surface area contributed by atoms with Gasteiger partial charge in [0.25, 0.3) is 0 Å². The summed E-state index contributed by atoms with van der Waals surface area (Å²) < 4.78 is 24.2. The van der Waals surface area contributed by atoms with E-state index in [4.69, 9.17) is 0 Å². The summed E-state index contributed by atoms with van der Waals surface area (Å²) >= 11 is 0. The zero-order chi connectivity index (χ0) is 15.2. The van der Waals surface area contributed by atoms with Crippen LogP contribution in [0.15, 0.2) is 0 Å². The van der Waals surface area contributed by atoms with Crippen LogP contribution in [0.5, 0.6) is 0 Å². The summed E-state index contributed by atoms with van der Waals surface area (Å²) in [6.07, 6.45) is 2.15. The fraction of sp³-hybridized carbons (Fsp3) is 0.917. The average molecular weight is 306 g/mol. The molecule has 1 fully saturated rings. The lowest BCUT2D eigenvalue weighted by Gasteiger charge is -2.32. The van der Waals surface area contributed by atoms with E-state index in [1.54, 1.807) is 0 Å². The molecule has 0 aromatic carbocycles. The molecule has 118 valence electrons. The van der Waals surface area contributed by atoms with Gasteiger partial charge in [0.2, 0.25) is 15.9 Å². The average Bonchev–Trinajstić information content (AvgIpc) is 2.34. The van der Waals surface area contributed by atoms with Crippen LogP contribution in [0.1, 0.15) is 6.42 Å². The fourth-order valence-corrected chi connectivity index (χ4v) is 2.93. The maximum Gasteiger partial charge on any atom is 0.234 e. The molecule has 1 rings (SSSR count). The molecule has 0 aliphatic carbocycles. The van der Waals surface area contributed by atoms with Crippen molar-refractivity contribution in [2.45, 2.75) is 6.42 Å². The van der Waals surface area contributed by atoms with Gasteiger partial charge in [0.1, 0.15) is 0 Å². The molecule has 1 amide bonds. The summed E-state index contributed by atoms with van der Waals surface area (Å²) in [5, 5.41) is 2.89. The van der Waals surface area contributed by atoms with Crippen molar-refractivity contribution in [2.24, 2.45) is 0 Å². The van der Waals surface area contributed by atoms with E-state index in [1.165, 1.54) is 10.6 Å². The summed E-state index contributed by atoms with van der Waals surface area (Å²) in [6, 6.07) is 0. The molecule has 1 aliphatic heterocycles. The smallest absolute Gasteiger partial charge is 0.234 e. The number of carbonyl (C=O) groups excluding carboxylic acids is 1. The first-order valence-corrected chi connectivity index (χ1v) is 8.73. The molecule has 0 saturated carbocycles. The minimum absolute atomic E-state index is 0.0107. The molecule has 20 heavy (non-hydrogen) atoms. The van der Waals surface area contributed by atoms with Gasteiger partial charge in [-0.05, 0) is 27.1 Å². The first-order chi connectivity index (χ1) is 9.29. The highest BCUT2D eigenvalue weighted by atomic mass is 32.2. The maximum atomic E-state index is 11.7. The standard InChI is InChI=1S/C12H26N4O3S/c1-14(2)6-4-5-13-12(17)11-15-7-9-16(10-8-15)20(3,18)19/h4-11H2,1-3H3,(H,13,17). The van der Waals surface area contributed by atoms with Crippen molar-refractivity contribution in [3.05, 3.63) is 0 Å². The van der Waals surface area contributed by atoms with Crippen LogP contribution in [-0.4, -0.2) is 94.6 Å². The SMILES string of the molecule is CN(C)CCCNC(=O)CN1CCN(S(C)(=O)=O)CC1. The molecule has 0 spiro atoms. The highest BCUT2D eigenvalue weighted by Gasteiger charge is 2.24. The molecule has 0 aromatic heterocycles. The molecular weight excluding hydrogens is 280 g/mol. The van der Waals surface area contributed by atoms with E-state index < -0.39 is 10.0 Å². The second-order valence-electron chi connectivity index (χ2n) is 5.44. The quantitative estimate of drug-likeness (QED) is 0.588. The summed E-state index contributed by atoms with van der Waals surface area (Å²) in [4.78, 5) is 15.8. The van der Waals surface area contributed by atoms with Gasteiger partial charge in [-0.25, -0.2) is 8.42 Å². The Hall–Kier alpha value is -0.700. The van der Waals surface area contributed by atoms with Crippen LogP contribution < -0.4 is 5.32 Å². The summed E-state index contributed by atoms with van der Waals surface area (Å²) in [7, 11) is 0.904. The molecule has 0 unspecified atom stereocenters. The lowest BCUT2D eigenvalue weighted by molar-refractivity contribution is -0.122. The largest absolute Gasteiger partial charge is 0.355 e. The third kappa shape index (κ3) is 6.65. The van der Waals surface area contributed by atoms with Gasteiger partial charge in [0.05, 0.1) is 12.8 Å². The van der Waals surface area contributed by atoms with Crippen molar-refractivity contribution >= 4 is 15.9 Å². The van der Waals surface area contributed by atoms with Crippen molar-refractivity contribution in [1.82, 2.24) is 19.4 Å². The molecule has 1 N–H and O–H groups in total.